The summed E-state index contributed by atoms with van der Waals surface area (Å²) in [6.07, 6.45) is 0.637. The van der Waals surface area contributed by atoms with Gasteiger partial charge in [-0.15, -0.1) is 0 Å². The Morgan fingerprint density at radius 2 is 1.77 bits per heavy atom. The Balaban J connectivity index is 1.51. The summed E-state index contributed by atoms with van der Waals surface area (Å²) in [5.74, 6) is -1.70. The van der Waals surface area contributed by atoms with Crippen LogP contribution in [0.4, 0.5) is 5.69 Å². The molecule has 1 atom stereocenters. The fraction of sp³-hybridized carbons (Fsp3) is 0.273. The van der Waals surface area contributed by atoms with Crippen molar-refractivity contribution in [3.63, 3.8) is 0 Å². The van der Waals surface area contributed by atoms with Crippen molar-refractivity contribution in [1.82, 2.24) is 10.6 Å². The van der Waals surface area contributed by atoms with Crippen LogP contribution in [0.15, 0.2) is 48.5 Å². The fourth-order valence-electron chi connectivity index (χ4n) is 3.10. The lowest BCUT2D eigenvalue weighted by molar-refractivity contribution is -0.141. The molecule has 3 N–H and O–H groups in total. The van der Waals surface area contributed by atoms with Gasteiger partial charge in [0.25, 0.3) is 0 Å². The van der Waals surface area contributed by atoms with E-state index in [0.29, 0.717) is 30.0 Å². The maximum absolute atomic E-state index is 12.3. The molecule has 0 spiro atoms. The first-order chi connectivity index (χ1) is 15.0. The van der Waals surface area contributed by atoms with Crippen LogP contribution >= 0.6 is 0 Å². The van der Waals surface area contributed by atoms with Gasteiger partial charge < -0.3 is 25.4 Å². The highest BCUT2D eigenvalue weighted by Crippen LogP contribution is 2.31. The lowest BCUT2D eigenvalue weighted by Gasteiger charge is -2.26. The average molecular weight is 425 g/mol. The maximum Gasteiger partial charge on any atom is 0.325 e. The maximum atomic E-state index is 12.3. The molecule has 9 heteroatoms. The molecule has 0 saturated carbocycles. The molecule has 162 valence electrons. The minimum atomic E-state index is -0.785. The second-order valence-electron chi connectivity index (χ2n) is 6.88. The molecule has 3 amide bonds. The molecular weight excluding hydrogens is 402 g/mol. The highest BCUT2D eigenvalue weighted by Gasteiger charge is 2.25. The standard InChI is InChI=1S/C22H23N3O6/c1-30-20(27)13-23-19(26)12-14-6-8-15(9-7-14)24-21(28)22(29)25-17-10-11-31-18-5-3-2-4-16(17)18/h2-9,17H,10-13H2,1H3,(H,23,26)(H,24,28)(H,25,29). The van der Waals surface area contributed by atoms with Gasteiger partial charge in [-0.25, -0.2) is 0 Å². The van der Waals surface area contributed by atoms with Gasteiger partial charge in [0.05, 0.1) is 26.2 Å². The zero-order valence-corrected chi connectivity index (χ0v) is 17.0. The number of anilines is 1. The number of methoxy groups -OCH3 is 1. The first-order valence-electron chi connectivity index (χ1n) is 9.72. The minimum absolute atomic E-state index is 0.0644. The van der Waals surface area contributed by atoms with Crippen molar-refractivity contribution < 1.29 is 28.7 Å². The highest BCUT2D eigenvalue weighted by atomic mass is 16.5. The minimum Gasteiger partial charge on any atom is -0.493 e. The lowest BCUT2D eigenvalue weighted by Crippen LogP contribution is -2.39. The van der Waals surface area contributed by atoms with Crippen molar-refractivity contribution in [3.05, 3.63) is 59.7 Å². The number of hydrogen-bond donors (Lipinski definition) is 3. The molecule has 31 heavy (non-hydrogen) atoms. The van der Waals surface area contributed by atoms with Gasteiger partial charge in [0.1, 0.15) is 12.3 Å². The van der Waals surface area contributed by atoms with Crippen LogP contribution in [0.5, 0.6) is 5.75 Å². The van der Waals surface area contributed by atoms with E-state index >= 15 is 0 Å². The van der Waals surface area contributed by atoms with Crippen LogP contribution < -0.4 is 20.7 Å². The van der Waals surface area contributed by atoms with Crippen LogP contribution in [0.2, 0.25) is 0 Å². The van der Waals surface area contributed by atoms with E-state index in [-0.39, 0.29) is 24.9 Å². The molecule has 0 aromatic heterocycles. The van der Waals surface area contributed by atoms with E-state index in [9.17, 15) is 19.2 Å². The van der Waals surface area contributed by atoms with E-state index in [0.717, 1.165) is 5.56 Å². The summed E-state index contributed by atoms with van der Waals surface area (Å²) in [5, 5.41) is 7.72. The summed E-state index contributed by atoms with van der Waals surface area (Å²) < 4.78 is 10.0. The number of carbonyl (C=O) groups is 4. The number of benzene rings is 2. The van der Waals surface area contributed by atoms with Gasteiger partial charge in [0, 0.05) is 17.7 Å². The summed E-state index contributed by atoms with van der Waals surface area (Å²) in [6, 6.07) is 13.6. The summed E-state index contributed by atoms with van der Waals surface area (Å²) in [6.45, 7) is 0.258. The Labute approximate surface area is 179 Å². The molecule has 1 heterocycles. The summed E-state index contributed by atoms with van der Waals surface area (Å²) in [5.41, 5.74) is 1.94. The van der Waals surface area contributed by atoms with Gasteiger partial charge in [0.2, 0.25) is 5.91 Å². The number of rotatable bonds is 6. The third-order valence-electron chi connectivity index (χ3n) is 4.70. The van der Waals surface area contributed by atoms with Crippen molar-refractivity contribution in [1.29, 1.82) is 0 Å². The SMILES string of the molecule is COC(=O)CNC(=O)Cc1ccc(NC(=O)C(=O)NC2CCOc3ccccc32)cc1. The molecule has 0 aliphatic carbocycles. The fourth-order valence-corrected chi connectivity index (χ4v) is 3.10. The number of fused-ring (bicyclic) bond motifs is 1. The topological polar surface area (TPSA) is 123 Å². The summed E-state index contributed by atoms with van der Waals surface area (Å²) in [4.78, 5) is 47.5. The van der Waals surface area contributed by atoms with Crippen LogP contribution in [-0.2, 0) is 30.3 Å². The van der Waals surface area contributed by atoms with E-state index in [4.69, 9.17) is 4.74 Å². The van der Waals surface area contributed by atoms with E-state index in [1.54, 1.807) is 24.3 Å². The Bertz CT molecular complexity index is 973. The molecule has 1 unspecified atom stereocenters. The largest absolute Gasteiger partial charge is 0.493 e. The Morgan fingerprint density at radius 1 is 1.03 bits per heavy atom. The molecule has 3 rings (SSSR count). The monoisotopic (exact) mass is 425 g/mol. The van der Waals surface area contributed by atoms with Crippen molar-refractivity contribution in [2.75, 3.05) is 25.6 Å². The van der Waals surface area contributed by atoms with Crippen molar-refractivity contribution in [2.45, 2.75) is 18.9 Å². The number of para-hydroxylation sites is 1. The lowest BCUT2D eigenvalue weighted by atomic mass is 10.0. The predicted molar refractivity (Wildman–Crippen MR) is 111 cm³/mol. The van der Waals surface area contributed by atoms with Gasteiger partial charge >= 0.3 is 17.8 Å². The molecule has 1 aliphatic heterocycles. The van der Waals surface area contributed by atoms with Crippen molar-refractivity contribution in [2.24, 2.45) is 0 Å². The van der Waals surface area contributed by atoms with E-state index in [1.165, 1.54) is 7.11 Å². The summed E-state index contributed by atoms with van der Waals surface area (Å²) in [7, 11) is 1.24. The Kier molecular flexibility index (Phi) is 7.21. The van der Waals surface area contributed by atoms with Crippen LogP contribution in [0, 0.1) is 0 Å². The van der Waals surface area contributed by atoms with E-state index in [2.05, 4.69) is 20.7 Å². The number of hydrogen-bond acceptors (Lipinski definition) is 6. The second kappa shape index (κ2) is 10.2. The van der Waals surface area contributed by atoms with Gasteiger partial charge in [-0.2, -0.15) is 0 Å². The molecule has 0 saturated heterocycles. The number of nitrogens with one attached hydrogen (secondary N) is 3. The van der Waals surface area contributed by atoms with Gasteiger partial charge in [-0.05, 0) is 23.8 Å². The zero-order valence-electron chi connectivity index (χ0n) is 17.0. The second-order valence-corrected chi connectivity index (χ2v) is 6.88. The third-order valence-corrected chi connectivity index (χ3v) is 4.70. The number of carbonyl (C=O) groups excluding carboxylic acids is 4. The highest BCUT2D eigenvalue weighted by molar-refractivity contribution is 6.39. The Morgan fingerprint density at radius 3 is 2.52 bits per heavy atom. The number of ether oxygens (including phenoxy) is 2. The van der Waals surface area contributed by atoms with Crippen LogP contribution in [-0.4, -0.2) is 44.0 Å². The number of amides is 3. The normalized spacial score (nSPS) is 14.4. The van der Waals surface area contributed by atoms with Gasteiger partial charge in [-0.3, -0.25) is 19.2 Å². The number of esters is 1. The smallest absolute Gasteiger partial charge is 0.325 e. The quantitative estimate of drug-likeness (QED) is 0.471. The molecule has 0 fully saturated rings. The van der Waals surface area contributed by atoms with Crippen molar-refractivity contribution in [3.8, 4) is 5.75 Å². The third kappa shape index (κ3) is 6.05. The summed E-state index contributed by atoms with van der Waals surface area (Å²) >= 11 is 0. The molecule has 1 aliphatic rings. The van der Waals surface area contributed by atoms with Gasteiger partial charge in [-0.1, -0.05) is 30.3 Å². The van der Waals surface area contributed by atoms with Crippen molar-refractivity contribution >= 4 is 29.4 Å². The van der Waals surface area contributed by atoms with E-state index in [1.807, 2.05) is 24.3 Å². The van der Waals surface area contributed by atoms with Crippen LogP contribution in [0.3, 0.4) is 0 Å². The first-order valence-corrected chi connectivity index (χ1v) is 9.72. The predicted octanol–water partition coefficient (Wildman–Crippen LogP) is 1.10. The van der Waals surface area contributed by atoms with E-state index < -0.39 is 17.8 Å². The molecule has 2 aromatic carbocycles. The Hall–Kier alpha value is -3.88. The molecule has 9 nitrogen and oxygen atoms in total. The van der Waals surface area contributed by atoms with Crippen LogP contribution in [0.1, 0.15) is 23.6 Å². The van der Waals surface area contributed by atoms with Crippen LogP contribution in [0.25, 0.3) is 0 Å². The molecular formula is C22H23N3O6. The van der Waals surface area contributed by atoms with Gasteiger partial charge in [0.15, 0.2) is 0 Å². The molecule has 0 radical (unpaired) electrons. The average Bonchev–Trinajstić information content (AvgIpc) is 2.79. The first kappa shape index (κ1) is 21.8. The zero-order chi connectivity index (χ0) is 22.2. The molecule has 2 aromatic rings. The molecule has 0 bridgehead atoms.